The molecule has 0 bridgehead atoms. The predicted molar refractivity (Wildman–Crippen MR) is 76.0 cm³/mol. The minimum absolute atomic E-state index is 0.508. The van der Waals surface area contributed by atoms with Crippen molar-refractivity contribution in [2.75, 3.05) is 12.3 Å². The Bertz CT molecular complexity index is 468. The van der Waals surface area contributed by atoms with E-state index in [1.165, 1.54) is 5.56 Å². The van der Waals surface area contributed by atoms with E-state index in [-0.39, 0.29) is 0 Å². The Morgan fingerprint density at radius 2 is 2.17 bits per heavy atom. The molecular formula is C13H15BrN4. The lowest BCUT2D eigenvalue weighted by Gasteiger charge is -2.05. The number of anilines is 1. The first-order valence-corrected chi connectivity index (χ1v) is 6.56. The van der Waals surface area contributed by atoms with E-state index in [0.29, 0.717) is 12.4 Å². The standard InChI is InChI=1S/C13H15BrN4/c14-11-3-1-2-10(8-11)4-6-16-9-13-17-7-5-12(15)18-13/h1-3,5,7-8,16H,4,6,9H2,(H2,15,17,18). The van der Waals surface area contributed by atoms with Gasteiger partial charge in [0.15, 0.2) is 0 Å². The van der Waals surface area contributed by atoms with E-state index in [1.54, 1.807) is 12.3 Å². The monoisotopic (exact) mass is 306 g/mol. The Morgan fingerprint density at radius 3 is 2.94 bits per heavy atom. The second-order valence-corrected chi connectivity index (χ2v) is 4.87. The van der Waals surface area contributed by atoms with Crippen LogP contribution in [0.5, 0.6) is 0 Å². The molecule has 0 radical (unpaired) electrons. The Kier molecular flexibility index (Phi) is 4.66. The molecule has 0 unspecified atom stereocenters. The molecule has 94 valence electrons. The molecule has 0 saturated carbocycles. The summed E-state index contributed by atoms with van der Waals surface area (Å²) in [7, 11) is 0. The lowest BCUT2D eigenvalue weighted by molar-refractivity contribution is 0.660. The summed E-state index contributed by atoms with van der Waals surface area (Å²) in [5.74, 6) is 1.23. The van der Waals surface area contributed by atoms with Crippen LogP contribution in [0, 0.1) is 0 Å². The quantitative estimate of drug-likeness (QED) is 0.831. The lowest BCUT2D eigenvalue weighted by atomic mass is 10.1. The average Bonchev–Trinajstić information content (AvgIpc) is 2.35. The van der Waals surface area contributed by atoms with Gasteiger partial charge in [-0.15, -0.1) is 0 Å². The molecule has 3 N–H and O–H groups in total. The summed E-state index contributed by atoms with van der Waals surface area (Å²) in [5, 5.41) is 3.30. The smallest absolute Gasteiger partial charge is 0.144 e. The molecule has 18 heavy (non-hydrogen) atoms. The van der Waals surface area contributed by atoms with Crippen molar-refractivity contribution in [3.05, 3.63) is 52.4 Å². The summed E-state index contributed by atoms with van der Waals surface area (Å²) >= 11 is 3.46. The van der Waals surface area contributed by atoms with Gasteiger partial charge in [-0.05, 0) is 36.7 Å². The number of halogens is 1. The fourth-order valence-corrected chi connectivity index (χ4v) is 2.07. The van der Waals surface area contributed by atoms with Gasteiger partial charge in [-0.2, -0.15) is 0 Å². The van der Waals surface area contributed by atoms with Gasteiger partial charge in [-0.25, -0.2) is 9.97 Å². The number of nitrogens with two attached hydrogens (primary N) is 1. The van der Waals surface area contributed by atoms with Crippen LogP contribution in [0.2, 0.25) is 0 Å². The van der Waals surface area contributed by atoms with Crippen molar-refractivity contribution in [1.82, 2.24) is 15.3 Å². The second kappa shape index (κ2) is 6.47. The van der Waals surface area contributed by atoms with E-state index >= 15 is 0 Å². The highest BCUT2D eigenvalue weighted by Crippen LogP contribution is 2.11. The Balaban J connectivity index is 1.76. The molecule has 0 aliphatic rings. The van der Waals surface area contributed by atoms with Crippen molar-refractivity contribution in [3.8, 4) is 0 Å². The van der Waals surface area contributed by atoms with Gasteiger partial charge in [0.1, 0.15) is 11.6 Å². The molecule has 2 aromatic rings. The van der Waals surface area contributed by atoms with E-state index in [1.807, 2.05) is 12.1 Å². The average molecular weight is 307 g/mol. The van der Waals surface area contributed by atoms with Gasteiger partial charge < -0.3 is 11.1 Å². The molecule has 0 atom stereocenters. The van der Waals surface area contributed by atoms with Crippen molar-refractivity contribution in [3.63, 3.8) is 0 Å². The molecule has 0 saturated heterocycles. The minimum atomic E-state index is 0.508. The van der Waals surface area contributed by atoms with Crippen molar-refractivity contribution in [2.24, 2.45) is 0 Å². The summed E-state index contributed by atoms with van der Waals surface area (Å²) in [6.07, 6.45) is 2.65. The van der Waals surface area contributed by atoms with Crippen molar-refractivity contribution < 1.29 is 0 Å². The minimum Gasteiger partial charge on any atom is -0.384 e. The van der Waals surface area contributed by atoms with Crippen LogP contribution >= 0.6 is 15.9 Å². The number of hydrogen-bond acceptors (Lipinski definition) is 4. The topological polar surface area (TPSA) is 63.8 Å². The molecule has 1 aromatic carbocycles. The fraction of sp³-hybridized carbons (Fsp3) is 0.231. The highest BCUT2D eigenvalue weighted by molar-refractivity contribution is 9.10. The summed E-state index contributed by atoms with van der Waals surface area (Å²) in [6.45, 7) is 1.52. The van der Waals surface area contributed by atoms with Gasteiger partial charge >= 0.3 is 0 Å². The van der Waals surface area contributed by atoms with Crippen LogP contribution in [0.1, 0.15) is 11.4 Å². The summed E-state index contributed by atoms with van der Waals surface area (Å²) in [4.78, 5) is 8.27. The first-order valence-electron chi connectivity index (χ1n) is 5.76. The Morgan fingerprint density at radius 1 is 1.28 bits per heavy atom. The number of rotatable bonds is 5. The highest BCUT2D eigenvalue weighted by Gasteiger charge is 1.97. The van der Waals surface area contributed by atoms with Gasteiger partial charge in [-0.1, -0.05) is 28.1 Å². The number of nitrogens with zero attached hydrogens (tertiary/aromatic N) is 2. The van der Waals surface area contributed by atoms with Gasteiger partial charge in [0.05, 0.1) is 6.54 Å². The molecule has 0 aliphatic carbocycles. The van der Waals surface area contributed by atoms with Crippen molar-refractivity contribution in [2.45, 2.75) is 13.0 Å². The number of nitrogen functional groups attached to an aromatic ring is 1. The van der Waals surface area contributed by atoms with Crippen LogP contribution in [0.25, 0.3) is 0 Å². The molecule has 5 heteroatoms. The second-order valence-electron chi connectivity index (χ2n) is 3.95. The van der Waals surface area contributed by atoms with Crippen LogP contribution in [-0.4, -0.2) is 16.5 Å². The first-order chi connectivity index (χ1) is 8.74. The largest absolute Gasteiger partial charge is 0.384 e. The molecule has 1 heterocycles. The molecular weight excluding hydrogens is 292 g/mol. The maximum atomic E-state index is 5.59. The molecule has 4 nitrogen and oxygen atoms in total. The zero-order chi connectivity index (χ0) is 12.8. The van der Waals surface area contributed by atoms with E-state index in [2.05, 4.69) is 43.3 Å². The number of nitrogens with one attached hydrogen (secondary N) is 1. The summed E-state index contributed by atoms with van der Waals surface area (Å²) in [6, 6.07) is 9.99. The van der Waals surface area contributed by atoms with E-state index in [9.17, 15) is 0 Å². The normalized spacial score (nSPS) is 10.5. The SMILES string of the molecule is Nc1ccnc(CNCCc2cccc(Br)c2)n1. The van der Waals surface area contributed by atoms with Crippen LogP contribution in [0.15, 0.2) is 41.0 Å². The van der Waals surface area contributed by atoms with Crippen LogP contribution in [-0.2, 0) is 13.0 Å². The third-order valence-corrected chi connectivity index (χ3v) is 2.98. The molecule has 1 aromatic heterocycles. The number of hydrogen-bond donors (Lipinski definition) is 2. The molecule has 2 rings (SSSR count). The number of aromatic nitrogens is 2. The van der Waals surface area contributed by atoms with Crippen LogP contribution in [0.3, 0.4) is 0 Å². The van der Waals surface area contributed by atoms with E-state index in [0.717, 1.165) is 23.3 Å². The molecule has 0 spiro atoms. The van der Waals surface area contributed by atoms with Gasteiger partial charge in [0, 0.05) is 10.7 Å². The Hall–Kier alpha value is -1.46. The lowest BCUT2D eigenvalue weighted by Crippen LogP contribution is -2.18. The zero-order valence-corrected chi connectivity index (χ0v) is 11.5. The predicted octanol–water partition coefficient (Wildman–Crippen LogP) is 2.15. The molecule has 0 fully saturated rings. The van der Waals surface area contributed by atoms with Crippen LogP contribution < -0.4 is 11.1 Å². The maximum Gasteiger partial charge on any atom is 0.144 e. The maximum absolute atomic E-state index is 5.59. The van der Waals surface area contributed by atoms with Crippen molar-refractivity contribution >= 4 is 21.7 Å². The zero-order valence-electron chi connectivity index (χ0n) is 9.94. The van der Waals surface area contributed by atoms with Gasteiger partial charge in [-0.3, -0.25) is 0 Å². The van der Waals surface area contributed by atoms with E-state index < -0.39 is 0 Å². The van der Waals surface area contributed by atoms with Crippen LogP contribution in [0.4, 0.5) is 5.82 Å². The fourth-order valence-electron chi connectivity index (χ4n) is 1.63. The highest BCUT2D eigenvalue weighted by atomic mass is 79.9. The third kappa shape index (κ3) is 4.09. The molecule has 0 amide bonds. The van der Waals surface area contributed by atoms with E-state index in [4.69, 9.17) is 5.73 Å². The van der Waals surface area contributed by atoms with Crippen molar-refractivity contribution in [1.29, 1.82) is 0 Å². The first kappa shape index (κ1) is 13.0. The Labute approximate surface area is 115 Å². The third-order valence-electron chi connectivity index (χ3n) is 2.49. The summed E-state index contributed by atoms with van der Waals surface area (Å²) < 4.78 is 1.11. The van der Waals surface area contributed by atoms with Gasteiger partial charge in [0.2, 0.25) is 0 Å². The summed E-state index contributed by atoms with van der Waals surface area (Å²) in [5.41, 5.74) is 6.88. The number of benzene rings is 1. The van der Waals surface area contributed by atoms with Gasteiger partial charge in [0.25, 0.3) is 0 Å². The molecule has 0 aliphatic heterocycles.